The van der Waals surface area contributed by atoms with Gasteiger partial charge in [-0.05, 0) is 49.9 Å². The fourth-order valence-electron chi connectivity index (χ4n) is 3.91. The Morgan fingerprint density at radius 2 is 1.68 bits per heavy atom. The largest absolute Gasteiger partial charge is 0.345 e. The lowest BCUT2D eigenvalue weighted by Crippen LogP contribution is -2.51. The number of carbonyl (C=O) groups excluding carboxylic acids is 1. The molecule has 8 heteroatoms. The number of rotatable bonds is 3. The van der Waals surface area contributed by atoms with Crippen molar-refractivity contribution < 1.29 is 4.79 Å². The SMILES string of the molecule is Cc1cc(C)cc(N2CCN(c3cc(C4CC(N)C4)ncn3)CC2=O)c1.Cl.Cl. The van der Waals surface area contributed by atoms with Crippen LogP contribution < -0.4 is 15.5 Å². The first-order chi connectivity index (χ1) is 12.5. The third kappa shape index (κ3) is 4.57. The van der Waals surface area contributed by atoms with Crippen LogP contribution in [-0.2, 0) is 4.79 Å². The number of amides is 1. The van der Waals surface area contributed by atoms with Crippen LogP contribution in [0.2, 0.25) is 0 Å². The van der Waals surface area contributed by atoms with Gasteiger partial charge in [-0.1, -0.05) is 6.07 Å². The predicted molar refractivity (Wildman–Crippen MR) is 117 cm³/mol. The summed E-state index contributed by atoms with van der Waals surface area (Å²) in [6.45, 7) is 5.89. The molecule has 1 aliphatic carbocycles. The second-order valence-corrected chi connectivity index (χ2v) is 7.54. The van der Waals surface area contributed by atoms with Crippen molar-refractivity contribution in [2.24, 2.45) is 5.73 Å². The number of nitrogens with zero attached hydrogens (tertiary/aromatic N) is 4. The van der Waals surface area contributed by atoms with Gasteiger partial charge in [0, 0.05) is 42.5 Å². The lowest BCUT2D eigenvalue weighted by atomic mass is 9.78. The second-order valence-electron chi connectivity index (χ2n) is 7.54. The summed E-state index contributed by atoms with van der Waals surface area (Å²) in [6.07, 6.45) is 3.57. The van der Waals surface area contributed by atoms with Crippen LogP contribution in [0.5, 0.6) is 0 Å². The first kappa shape index (κ1) is 22.4. The molecule has 1 saturated heterocycles. The zero-order valence-corrected chi connectivity index (χ0v) is 17.8. The average Bonchev–Trinajstić information content (AvgIpc) is 2.58. The van der Waals surface area contributed by atoms with Gasteiger partial charge in [0.1, 0.15) is 12.1 Å². The molecule has 1 aromatic carbocycles. The molecular formula is C20H27Cl2N5O. The average molecular weight is 424 g/mol. The van der Waals surface area contributed by atoms with Crippen LogP contribution >= 0.6 is 24.8 Å². The monoisotopic (exact) mass is 423 g/mol. The van der Waals surface area contributed by atoms with Crippen LogP contribution in [0.3, 0.4) is 0 Å². The van der Waals surface area contributed by atoms with E-state index in [9.17, 15) is 4.79 Å². The predicted octanol–water partition coefficient (Wildman–Crippen LogP) is 2.99. The molecule has 6 nitrogen and oxygen atoms in total. The maximum atomic E-state index is 12.8. The van der Waals surface area contributed by atoms with Crippen molar-refractivity contribution in [2.45, 2.75) is 38.6 Å². The molecule has 1 amide bonds. The van der Waals surface area contributed by atoms with Gasteiger partial charge < -0.3 is 15.5 Å². The molecule has 1 aromatic heterocycles. The molecule has 0 bridgehead atoms. The Labute approximate surface area is 178 Å². The zero-order valence-electron chi connectivity index (χ0n) is 16.2. The van der Waals surface area contributed by atoms with E-state index in [1.807, 2.05) is 15.9 Å². The third-order valence-electron chi connectivity index (χ3n) is 5.33. The minimum Gasteiger partial charge on any atom is -0.345 e. The molecule has 152 valence electrons. The van der Waals surface area contributed by atoms with Crippen LogP contribution in [-0.4, -0.2) is 41.6 Å². The minimum atomic E-state index is 0. The van der Waals surface area contributed by atoms with Crippen molar-refractivity contribution in [2.75, 3.05) is 29.4 Å². The van der Waals surface area contributed by atoms with Crippen molar-refractivity contribution in [3.05, 3.63) is 47.4 Å². The molecule has 2 aromatic rings. The Kier molecular flexibility index (Phi) is 7.26. The molecule has 2 fully saturated rings. The van der Waals surface area contributed by atoms with Gasteiger partial charge in [0.2, 0.25) is 5.91 Å². The zero-order chi connectivity index (χ0) is 18.3. The van der Waals surface area contributed by atoms with Crippen molar-refractivity contribution in [1.82, 2.24) is 9.97 Å². The number of hydrogen-bond donors (Lipinski definition) is 1. The fraction of sp³-hybridized carbons (Fsp3) is 0.450. The highest BCUT2D eigenvalue weighted by atomic mass is 35.5. The van der Waals surface area contributed by atoms with Crippen molar-refractivity contribution >= 4 is 42.2 Å². The highest BCUT2D eigenvalue weighted by molar-refractivity contribution is 5.97. The van der Waals surface area contributed by atoms with E-state index >= 15 is 0 Å². The number of halogens is 2. The van der Waals surface area contributed by atoms with Crippen molar-refractivity contribution in [1.29, 1.82) is 0 Å². The summed E-state index contributed by atoms with van der Waals surface area (Å²) in [7, 11) is 0. The summed E-state index contributed by atoms with van der Waals surface area (Å²) in [5.41, 5.74) is 10.3. The van der Waals surface area contributed by atoms with Crippen LogP contribution in [0, 0.1) is 13.8 Å². The molecule has 0 unspecified atom stereocenters. The van der Waals surface area contributed by atoms with Gasteiger partial charge in [-0.25, -0.2) is 9.97 Å². The van der Waals surface area contributed by atoms with E-state index in [1.165, 1.54) is 11.1 Å². The van der Waals surface area contributed by atoms with Crippen molar-refractivity contribution in [3.8, 4) is 0 Å². The quantitative estimate of drug-likeness (QED) is 0.820. The van der Waals surface area contributed by atoms with E-state index in [0.717, 1.165) is 36.6 Å². The summed E-state index contributed by atoms with van der Waals surface area (Å²) >= 11 is 0. The van der Waals surface area contributed by atoms with Crippen molar-refractivity contribution in [3.63, 3.8) is 0 Å². The Balaban J connectivity index is 0.00000140. The smallest absolute Gasteiger partial charge is 0.246 e. The van der Waals surface area contributed by atoms with E-state index in [2.05, 4.69) is 42.0 Å². The number of hydrogen-bond acceptors (Lipinski definition) is 5. The molecule has 2 aliphatic rings. The normalized spacial score (nSPS) is 21.5. The maximum Gasteiger partial charge on any atom is 0.246 e. The Hall–Kier alpha value is -1.89. The van der Waals surface area contributed by atoms with Crippen LogP contribution in [0.1, 0.15) is 35.6 Å². The number of aryl methyl sites for hydroxylation is 2. The van der Waals surface area contributed by atoms with E-state index in [-0.39, 0.29) is 30.7 Å². The summed E-state index contributed by atoms with van der Waals surface area (Å²) in [5.74, 6) is 1.37. The number of piperazine rings is 1. The first-order valence-corrected chi connectivity index (χ1v) is 9.21. The first-order valence-electron chi connectivity index (χ1n) is 9.21. The minimum absolute atomic E-state index is 0. The van der Waals surface area contributed by atoms with Crippen LogP contribution in [0.15, 0.2) is 30.6 Å². The summed E-state index contributed by atoms with van der Waals surface area (Å²) in [6, 6.07) is 8.59. The van der Waals surface area contributed by atoms with Gasteiger partial charge in [0.05, 0.1) is 6.54 Å². The molecule has 2 heterocycles. The third-order valence-corrected chi connectivity index (χ3v) is 5.33. The number of aromatic nitrogens is 2. The van der Waals surface area contributed by atoms with Crippen LogP contribution in [0.25, 0.3) is 0 Å². The van der Waals surface area contributed by atoms with E-state index in [1.54, 1.807) is 6.33 Å². The molecule has 0 atom stereocenters. The number of carbonyl (C=O) groups is 1. The highest BCUT2D eigenvalue weighted by Gasteiger charge is 2.30. The maximum absolute atomic E-state index is 12.8. The van der Waals surface area contributed by atoms with Gasteiger partial charge in [-0.3, -0.25) is 4.79 Å². The Morgan fingerprint density at radius 3 is 2.29 bits per heavy atom. The molecule has 0 radical (unpaired) electrons. The van der Waals surface area contributed by atoms with Gasteiger partial charge >= 0.3 is 0 Å². The molecular weight excluding hydrogens is 397 g/mol. The number of nitrogens with two attached hydrogens (primary N) is 1. The van der Waals surface area contributed by atoms with Gasteiger partial charge in [-0.15, -0.1) is 24.8 Å². The molecule has 1 saturated carbocycles. The van der Waals surface area contributed by atoms with E-state index in [4.69, 9.17) is 5.73 Å². The highest BCUT2D eigenvalue weighted by Crippen LogP contribution is 2.35. The molecule has 2 N–H and O–H groups in total. The van der Waals surface area contributed by atoms with E-state index in [0.29, 0.717) is 25.0 Å². The van der Waals surface area contributed by atoms with Gasteiger partial charge in [0.25, 0.3) is 0 Å². The molecule has 28 heavy (non-hydrogen) atoms. The number of anilines is 2. The van der Waals surface area contributed by atoms with E-state index < -0.39 is 0 Å². The second kappa shape index (κ2) is 9.07. The molecule has 0 spiro atoms. The molecule has 1 aliphatic heterocycles. The molecule has 4 rings (SSSR count). The number of benzene rings is 1. The Bertz CT molecular complexity index is 821. The van der Waals surface area contributed by atoms with Gasteiger partial charge in [0.15, 0.2) is 0 Å². The lowest BCUT2D eigenvalue weighted by Gasteiger charge is -2.36. The lowest BCUT2D eigenvalue weighted by molar-refractivity contribution is -0.117. The topological polar surface area (TPSA) is 75.3 Å². The fourth-order valence-corrected chi connectivity index (χ4v) is 3.91. The van der Waals surface area contributed by atoms with Gasteiger partial charge in [-0.2, -0.15) is 0 Å². The summed E-state index contributed by atoms with van der Waals surface area (Å²) < 4.78 is 0. The van der Waals surface area contributed by atoms with Crippen LogP contribution in [0.4, 0.5) is 11.5 Å². The summed E-state index contributed by atoms with van der Waals surface area (Å²) in [4.78, 5) is 25.5. The summed E-state index contributed by atoms with van der Waals surface area (Å²) in [5, 5.41) is 0. The standard InChI is InChI=1S/C20H25N5O.2ClH/c1-13-5-14(2)7-17(6-13)25-4-3-24(11-20(25)26)19-10-18(22-12-23-19)15-8-16(21)9-15;;/h5-7,10,12,15-16H,3-4,8-9,11,21H2,1-2H3;2*1H. The Morgan fingerprint density at radius 1 is 1.00 bits per heavy atom.